The van der Waals surface area contributed by atoms with Gasteiger partial charge in [-0.2, -0.15) is 0 Å². The molecule has 0 atom stereocenters. The molecule has 0 radical (unpaired) electrons. The summed E-state index contributed by atoms with van der Waals surface area (Å²) in [6.07, 6.45) is 0.623. The zero-order valence-electron chi connectivity index (χ0n) is 7.69. The van der Waals surface area contributed by atoms with E-state index in [9.17, 15) is 4.79 Å². The van der Waals surface area contributed by atoms with Crippen molar-refractivity contribution in [1.82, 2.24) is 4.98 Å². The minimum atomic E-state index is -0.968. The van der Waals surface area contributed by atoms with Gasteiger partial charge in [0.1, 0.15) is 5.82 Å². The molecule has 0 aromatic carbocycles. The van der Waals surface area contributed by atoms with Gasteiger partial charge in [0.2, 0.25) is 0 Å². The lowest BCUT2D eigenvalue weighted by atomic mass is 10.3. The van der Waals surface area contributed by atoms with E-state index in [1.807, 2.05) is 13.0 Å². The Morgan fingerprint density at radius 3 is 2.85 bits per heavy atom. The predicted molar refractivity (Wildman–Crippen MR) is 50.0 cm³/mol. The molecule has 0 spiro atoms. The Labute approximate surface area is 76.8 Å². The molecule has 0 bridgehead atoms. The minimum absolute atomic E-state index is 0.410. The standard InChI is InChI=1S/C9H12N2O2/c1-3-11(9(12)13)8-7(2)5-4-6-10-8/h4-6H,3H2,1-2H3,(H,12,13). The molecule has 1 aromatic rings. The highest BCUT2D eigenvalue weighted by atomic mass is 16.4. The Morgan fingerprint density at radius 2 is 2.38 bits per heavy atom. The summed E-state index contributed by atoms with van der Waals surface area (Å²) < 4.78 is 0. The molecule has 0 fully saturated rings. The fourth-order valence-electron chi connectivity index (χ4n) is 1.14. The van der Waals surface area contributed by atoms with Crippen molar-refractivity contribution in [2.24, 2.45) is 0 Å². The van der Waals surface area contributed by atoms with Crippen molar-refractivity contribution in [3.05, 3.63) is 23.9 Å². The summed E-state index contributed by atoms with van der Waals surface area (Å²) in [4.78, 5) is 16.0. The van der Waals surface area contributed by atoms with Gasteiger partial charge in [-0.1, -0.05) is 6.07 Å². The fourth-order valence-corrected chi connectivity index (χ4v) is 1.14. The number of carboxylic acid groups (broad SMARTS) is 1. The van der Waals surface area contributed by atoms with Gasteiger partial charge in [-0.05, 0) is 25.5 Å². The zero-order valence-corrected chi connectivity index (χ0v) is 7.69. The Balaban J connectivity index is 3.04. The SMILES string of the molecule is CCN(C(=O)O)c1ncccc1C. The third kappa shape index (κ3) is 1.96. The third-order valence-electron chi connectivity index (χ3n) is 1.78. The first-order chi connectivity index (χ1) is 6.16. The van der Waals surface area contributed by atoms with E-state index < -0.39 is 6.09 Å². The molecule has 70 valence electrons. The van der Waals surface area contributed by atoms with Crippen LogP contribution in [0.15, 0.2) is 18.3 Å². The lowest BCUT2D eigenvalue weighted by Crippen LogP contribution is -2.30. The molecule has 0 aliphatic carbocycles. The van der Waals surface area contributed by atoms with Gasteiger partial charge >= 0.3 is 6.09 Å². The molecule has 1 N–H and O–H groups in total. The van der Waals surface area contributed by atoms with Crippen molar-refractivity contribution >= 4 is 11.9 Å². The summed E-state index contributed by atoms with van der Waals surface area (Å²) in [7, 11) is 0. The lowest BCUT2D eigenvalue weighted by molar-refractivity contribution is 0.202. The van der Waals surface area contributed by atoms with Crippen LogP contribution in [0.25, 0.3) is 0 Å². The summed E-state index contributed by atoms with van der Waals surface area (Å²) in [5, 5.41) is 8.84. The van der Waals surface area contributed by atoms with Gasteiger partial charge in [0, 0.05) is 12.7 Å². The Bertz CT molecular complexity index is 312. The predicted octanol–water partition coefficient (Wildman–Crippen LogP) is 1.89. The molecule has 0 saturated heterocycles. The fraction of sp³-hybridized carbons (Fsp3) is 0.333. The van der Waals surface area contributed by atoms with Crippen molar-refractivity contribution in [3.63, 3.8) is 0 Å². The molecule has 1 aromatic heterocycles. The first-order valence-electron chi connectivity index (χ1n) is 4.09. The van der Waals surface area contributed by atoms with Gasteiger partial charge in [0.05, 0.1) is 0 Å². The topological polar surface area (TPSA) is 53.4 Å². The highest BCUT2D eigenvalue weighted by Crippen LogP contribution is 2.15. The zero-order chi connectivity index (χ0) is 9.84. The number of hydrogen-bond donors (Lipinski definition) is 1. The van der Waals surface area contributed by atoms with Gasteiger partial charge in [0.15, 0.2) is 0 Å². The van der Waals surface area contributed by atoms with Crippen LogP contribution in [0.1, 0.15) is 12.5 Å². The van der Waals surface area contributed by atoms with Gasteiger partial charge < -0.3 is 5.11 Å². The minimum Gasteiger partial charge on any atom is -0.465 e. The first-order valence-corrected chi connectivity index (χ1v) is 4.09. The number of hydrogen-bond acceptors (Lipinski definition) is 2. The van der Waals surface area contributed by atoms with Crippen LogP contribution in [0.3, 0.4) is 0 Å². The second-order valence-electron chi connectivity index (χ2n) is 2.67. The molecule has 1 amide bonds. The monoisotopic (exact) mass is 180 g/mol. The number of pyridine rings is 1. The number of anilines is 1. The molecule has 1 heterocycles. The van der Waals surface area contributed by atoms with E-state index in [0.717, 1.165) is 5.56 Å². The van der Waals surface area contributed by atoms with Crippen molar-refractivity contribution in [2.45, 2.75) is 13.8 Å². The van der Waals surface area contributed by atoms with Gasteiger partial charge in [0.25, 0.3) is 0 Å². The molecule has 4 heteroatoms. The largest absolute Gasteiger partial charge is 0.465 e. The van der Waals surface area contributed by atoms with Crippen molar-refractivity contribution in [3.8, 4) is 0 Å². The lowest BCUT2D eigenvalue weighted by Gasteiger charge is -2.17. The molecular formula is C9H12N2O2. The first kappa shape index (κ1) is 9.51. The molecule has 4 nitrogen and oxygen atoms in total. The van der Waals surface area contributed by atoms with Gasteiger partial charge in [-0.3, -0.25) is 4.90 Å². The van der Waals surface area contributed by atoms with Crippen molar-refractivity contribution in [2.75, 3.05) is 11.4 Å². The van der Waals surface area contributed by atoms with Crippen LogP contribution in [-0.2, 0) is 0 Å². The number of nitrogens with zero attached hydrogens (tertiary/aromatic N) is 2. The molecule has 1 rings (SSSR count). The van der Waals surface area contributed by atoms with Crippen LogP contribution in [0.4, 0.5) is 10.6 Å². The average molecular weight is 180 g/mol. The summed E-state index contributed by atoms with van der Waals surface area (Å²) in [5.74, 6) is 0.512. The summed E-state index contributed by atoms with van der Waals surface area (Å²) in [6, 6.07) is 3.63. The highest BCUT2D eigenvalue weighted by molar-refractivity contribution is 5.85. The van der Waals surface area contributed by atoms with E-state index in [1.54, 1.807) is 19.2 Å². The van der Waals surface area contributed by atoms with Crippen LogP contribution < -0.4 is 4.90 Å². The van der Waals surface area contributed by atoms with Crippen LogP contribution >= 0.6 is 0 Å². The Kier molecular flexibility index (Phi) is 2.84. The maximum Gasteiger partial charge on any atom is 0.413 e. The van der Waals surface area contributed by atoms with Crippen LogP contribution in [0, 0.1) is 6.92 Å². The molecule has 0 aliphatic heterocycles. The van der Waals surface area contributed by atoms with Crippen molar-refractivity contribution in [1.29, 1.82) is 0 Å². The summed E-state index contributed by atoms with van der Waals surface area (Å²) >= 11 is 0. The number of aryl methyl sites for hydroxylation is 1. The van der Waals surface area contributed by atoms with Gasteiger partial charge in [-0.15, -0.1) is 0 Å². The van der Waals surface area contributed by atoms with E-state index in [0.29, 0.717) is 12.4 Å². The van der Waals surface area contributed by atoms with E-state index in [2.05, 4.69) is 4.98 Å². The van der Waals surface area contributed by atoms with Crippen LogP contribution in [-0.4, -0.2) is 22.7 Å². The molecule has 13 heavy (non-hydrogen) atoms. The summed E-state index contributed by atoms with van der Waals surface area (Å²) in [6.45, 7) is 4.03. The Morgan fingerprint density at radius 1 is 1.69 bits per heavy atom. The van der Waals surface area contributed by atoms with Crippen LogP contribution in [0.5, 0.6) is 0 Å². The number of carbonyl (C=O) groups is 1. The second kappa shape index (κ2) is 3.89. The third-order valence-corrected chi connectivity index (χ3v) is 1.78. The molecular weight excluding hydrogens is 168 g/mol. The maximum atomic E-state index is 10.8. The van der Waals surface area contributed by atoms with E-state index in [4.69, 9.17) is 5.11 Å². The van der Waals surface area contributed by atoms with E-state index in [-0.39, 0.29) is 0 Å². The number of aromatic nitrogens is 1. The Hall–Kier alpha value is -1.58. The molecule has 0 saturated carbocycles. The van der Waals surface area contributed by atoms with Crippen LogP contribution in [0.2, 0.25) is 0 Å². The number of amides is 1. The number of rotatable bonds is 2. The quantitative estimate of drug-likeness (QED) is 0.756. The highest BCUT2D eigenvalue weighted by Gasteiger charge is 2.14. The normalized spacial score (nSPS) is 9.69. The second-order valence-corrected chi connectivity index (χ2v) is 2.67. The van der Waals surface area contributed by atoms with Gasteiger partial charge in [-0.25, -0.2) is 9.78 Å². The summed E-state index contributed by atoms with van der Waals surface area (Å²) in [5.41, 5.74) is 0.867. The average Bonchev–Trinajstić information content (AvgIpc) is 2.09. The van der Waals surface area contributed by atoms with E-state index in [1.165, 1.54) is 4.90 Å². The van der Waals surface area contributed by atoms with E-state index >= 15 is 0 Å². The van der Waals surface area contributed by atoms with Crippen molar-refractivity contribution < 1.29 is 9.90 Å². The smallest absolute Gasteiger partial charge is 0.413 e. The molecule has 0 unspecified atom stereocenters. The molecule has 0 aliphatic rings. The maximum absolute atomic E-state index is 10.8.